The zero-order valence-corrected chi connectivity index (χ0v) is 10.6. The summed E-state index contributed by atoms with van der Waals surface area (Å²) in [6.45, 7) is 4.28. The van der Waals surface area contributed by atoms with E-state index in [1.807, 2.05) is 24.3 Å². The monoisotopic (exact) mass is 240 g/mol. The highest BCUT2D eigenvalue weighted by molar-refractivity contribution is 6.21. The fraction of sp³-hybridized carbons (Fsp3) is 0.538. The molecule has 1 saturated carbocycles. The van der Waals surface area contributed by atoms with Gasteiger partial charge in [-0.2, -0.15) is 0 Å². The zero-order chi connectivity index (χ0) is 11.8. The second-order valence-electron chi connectivity index (χ2n) is 4.81. The van der Waals surface area contributed by atoms with Crippen LogP contribution in [0.15, 0.2) is 24.3 Å². The molecule has 2 rings (SSSR count). The number of hydrogen-bond donors (Lipinski definition) is 0. The molecule has 0 saturated heterocycles. The van der Waals surface area contributed by atoms with Crippen LogP contribution in [0.1, 0.15) is 20.3 Å². The molecule has 0 spiro atoms. The molecule has 0 aromatic heterocycles. The molecule has 1 fully saturated rings. The number of hydrogen-bond acceptors (Lipinski definition) is 2. The Morgan fingerprint density at radius 1 is 1.31 bits per heavy atom. The van der Waals surface area contributed by atoms with Crippen molar-refractivity contribution in [1.29, 1.82) is 0 Å². The number of methoxy groups -OCH3 is 1. The van der Waals surface area contributed by atoms with Crippen molar-refractivity contribution in [3.05, 3.63) is 24.3 Å². The summed E-state index contributed by atoms with van der Waals surface area (Å²) < 4.78 is 11.1. The van der Waals surface area contributed by atoms with Gasteiger partial charge in [0.15, 0.2) is 0 Å². The average molecular weight is 241 g/mol. The third-order valence-electron chi connectivity index (χ3n) is 3.38. The van der Waals surface area contributed by atoms with Crippen LogP contribution in [-0.2, 0) is 0 Å². The zero-order valence-electron chi connectivity index (χ0n) is 9.87. The summed E-state index contributed by atoms with van der Waals surface area (Å²) in [7, 11) is 1.65. The van der Waals surface area contributed by atoms with Gasteiger partial charge in [-0.1, -0.05) is 19.9 Å². The molecule has 3 heteroatoms. The Bertz CT molecular complexity index is 376. The molecule has 0 heterocycles. The smallest absolute Gasteiger partial charge is 0.123 e. The van der Waals surface area contributed by atoms with Crippen molar-refractivity contribution in [3.63, 3.8) is 0 Å². The van der Waals surface area contributed by atoms with Crippen molar-refractivity contribution < 1.29 is 9.47 Å². The van der Waals surface area contributed by atoms with Gasteiger partial charge in [-0.25, -0.2) is 0 Å². The fourth-order valence-electron chi connectivity index (χ4n) is 1.88. The third kappa shape index (κ3) is 1.99. The van der Waals surface area contributed by atoms with Crippen molar-refractivity contribution in [2.45, 2.75) is 31.7 Å². The number of alkyl halides is 1. The minimum Gasteiger partial charge on any atom is -0.497 e. The number of halogens is 1. The molecule has 0 N–H and O–H groups in total. The van der Waals surface area contributed by atoms with Crippen LogP contribution in [0.4, 0.5) is 0 Å². The lowest BCUT2D eigenvalue weighted by Gasteiger charge is -2.48. The van der Waals surface area contributed by atoms with Gasteiger partial charge in [0, 0.05) is 23.3 Å². The van der Waals surface area contributed by atoms with E-state index in [2.05, 4.69) is 13.8 Å². The van der Waals surface area contributed by atoms with E-state index in [1.165, 1.54) is 0 Å². The van der Waals surface area contributed by atoms with Crippen LogP contribution in [-0.4, -0.2) is 18.6 Å². The van der Waals surface area contributed by atoms with E-state index in [0.29, 0.717) is 0 Å². The van der Waals surface area contributed by atoms with Crippen LogP contribution in [0.25, 0.3) is 0 Å². The summed E-state index contributed by atoms with van der Waals surface area (Å²) >= 11 is 6.16. The van der Waals surface area contributed by atoms with Crippen LogP contribution in [0.2, 0.25) is 0 Å². The Balaban J connectivity index is 2.05. The van der Waals surface area contributed by atoms with Crippen molar-refractivity contribution >= 4 is 11.6 Å². The molecule has 1 aromatic rings. The minimum absolute atomic E-state index is 0.0463. The van der Waals surface area contributed by atoms with Gasteiger partial charge in [0.05, 0.1) is 7.11 Å². The molecule has 0 aliphatic heterocycles. The SMILES string of the molecule is COc1cccc(OC2CC(Cl)C2(C)C)c1. The first-order valence-electron chi connectivity index (χ1n) is 5.49. The Kier molecular flexibility index (Phi) is 3.02. The third-order valence-corrected chi connectivity index (χ3v) is 4.12. The van der Waals surface area contributed by atoms with Crippen LogP contribution in [0.5, 0.6) is 11.5 Å². The summed E-state index contributed by atoms with van der Waals surface area (Å²) in [5.74, 6) is 1.66. The van der Waals surface area contributed by atoms with E-state index >= 15 is 0 Å². The lowest BCUT2D eigenvalue weighted by Crippen LogP contribution is -2.53. The first kappa shape index (κ1) is 11.6. The molecular formula is C13H17ClO2. The molecule has 2 atom stereocenters. The molecular weight excluding hydrogens is 224 g/mol. The average Bonchev–Trinajstić information content (AvgIpc) is 2.29. The first-order valence-corrected chi connectivity index (χ1v) is 5.92. The molecule has 1 aliphatic carbocycles. The normalized spacial score (nSPS) is 27.0. The molecule has 0 bridgehead atoms. The Morgan fingerprint density at radius 2 is 2.00 bits per heavy atom. The Labute approximate surface area is 102 Å². The van der Waals surface area contributed by atoms with Crippen LogP contribution in [0, 0.1) is 5.41 Å². The van der Waals surface area contributed by atoms with Gasteiger partial charge in [0.1, 0.15) is 17.6 Å². The summed E-state index contributed by atoms with van der Waals surface area (Å²) in [5, 5.41) is 0.211. The molecule has 2 nitrogen and oxygen atoms in total. The maximum absolute atomic E-state index is 6.16. The van der Waals surface area contributed by atoms with E-state index in [-0.39, 0.29) is 16.9 Å². The first-order chi connectivity index (χ1) is 7.54. The summed E-state index contributed by atoms with van der Waals surface area (Å²) in [6.07, 6.45) is 1.10. The molecule has 0 radical (unpaired) electrons. The summed E-state index contributed by atoms with van der Waals surface area (Å²) in [6, 6.07) is 7.68. The lowest BCUT2D eigenvalue weighted by molar-refractivity contribution is -0.0131. The quantitative estimate of drug-likeness (QED) is 0.754. The molecule has 1 aliphatic rings. The number of benzene rings is 1. The van der Waals surface area contributed by atoms with E-state index < -0.39 is 0 Å². The van der Waals surface area contributed by atoms with Crippen LogP contribution >= 0.6 is 11.6 Å². The minimum atomic E-state index is 0.0463. The number of rotatable bonds is 3. The van der Waals surface area contributed by atoms with Gasteiger partial charge < -0.3 is 9.47 Å². The standard InChI is InChI=1S/C13H17ClO2/c1-13(2)11(14)8-12(13)16-10-6-4-5-9(7-10)15-3/h4-7,11-12H,8H2,1-3H3. The highest BCUT2D eigenvalue weighted by atomic mass is 35.5. The van der Waals surface area contributed by atoms with Gasteiger partial charge in [-0.05, 0) is 12.1 Å². The van der Waals surface area contributed by atoms with E-state index in [4.69, 9.17) is 21.1 Å². The molecule has 0 amide bonds. The summed E-state index contributed by atoms with van der Waals surface area (Å²) in [4.78, 5) is 0. The molecule has 1 aromatic carbocycles. The van der Waals surface area contributed by atoms with E-state index in [9.17, 15) is 0 Å². The maximum Gasteiger partial charge on any atom is 0.123 e. The largest absolute Gasteiger partial charge is 0.497 e. The van der Waals surface area contributed by atoms with E-state index in [0.717, 1.165) is 17.9 Å². The van der Waals surface area contributed by atoms with Crippen molar-refractivity contribution in [2.24, 2.45) is 5.41 Å². The van der Waals surface area contributed by atoms with E-state index in [1.54, 1.807) is 7.11 Å². The Morgan fingerprint density at radius 3 is 2.56 bits per heavy atom. The predicted molar refractivity (Wildman–Crippen MR) is 65.4 cm³/mol. The van der Waals surface area contributed by atoms with Crippen molar-refractivity contribution in [3.8, 4) is 11.5 Å². The fourth-order valence-corrected chi connectivity index (χ4v) is 2.18. The van der Waals surface area contributed by atoms with Crippen molar-refractivity contribution in [1.82, 2.24) is 0 Å². The predicted octanol–water partition coefficient (Wildman–Crippen LogP) is 3.48. The topological polar surface area (TPSA) is 18.5 Å². The van der Waals surface area contributed by atoms with Gasteiger partial charge in [-0.15, -0.1) is 11.6 Å². The van der Waals surface area contributed by atoms with Crippen LogP contribution in [0.3, 0.4) is 0 Å². The van der Waals surface area contributed by atoms with Gasteiger partial charge in [0.25, 0.3) is 0 Å². The summed E-state index contributed by atoms with van der Waals surface area (Å²) in [5.41, 5.74) is 0.0463. The molecule has 16 heavy (non-hydrogen) atoms. The number of ether oxygens (including phenoxy) is 2. The highest BCUT2D eigenvalue weighted by Crippen LogP contribution is 2.46. The van der Waals surface area contributed by atoms with Gasteiger partial charge >= 0.3 is 0 Å². The molecule has 2 unspecified atom stereocenters. The Hall–Kier alpha value is -0.890. The van der Waals surface area contributed by atoms with Gasteiger partial charge in [0.2, 0.25) is 0 Å². The lowest BCUT2D eigenvalue weighted by atomic mass is 9.68. The maximum atomic E-state index is 6.16. The van der Waals surface area contributed by atoms with Gasteiger partial charge in [-0.3, -0.25) is 0 Å². The second-order valence-corrected chi connectivity index (χ2v) is 5.34. The second kappa shape index (κ2) is 4.17. The molecule has 88 valence electrons. The van der Waals surface area contributed by atoms with Crippen LogP contribution < -0.4 is 9.47 Å². The van der Waals surface area contributed by atoms with Crippen molar-refractivity contribution in [2.75, 3.05) is 7.11 Å². The highest BCUT2D eigenvalue weighted by Gasteiger charge is 2.49.